The summed E-state index contributed by atoms with van der Waals surface area (Å²) in [6.45, 7) is 5.42. The lowest BCUT2D eigenvalue weighted by atomic mass is 10.0. The number of aryl methyl sites for hydroxylation is 1. The van der Waals surface area contributed by atoms with Crippen LogP contribution in [0.15, 0.2) is 31.0 Å². The Bertz CT molecular complexity index is 970. The highest BCUT2D eigenvalue weighted by atomic mass is 16.5. The fourth-order valence-corrected chi connectivity index (χ4v) is 3.73. The molecule has 0 saturated carbocycles. The van der Waals surface area contributed by atoms with E-state index in [0.29, 0.717) is 13.2 Å². The lowest BCUT2D eigenvalue weighted by Crippen LogP contribution is -2.19. The van der Waals surface area contributed by atoms with Crippen LogP contribution in [-0.4, -0.2) is 44.5 Å². The van der Waals surface area contributed by atoms with Crippen LogP contribution in [0.5, 0.6) is 0 Å². The smallest absolute Gasteiger partial charge is 0.150 e. The van der Waals surface area contributed by atoms with Crippen LogP contribution in [0.2, 0.25) is 0 Å². The van der Waals surface area contributed by atoms with Gasteiger partial charge in [-0.25, -0.2) is 4.68 Å². The van der Waals surface area contributed by atoms with Crippen LogP contribution < -0.4 is 0 Å². The van der Waals surface area contributed by atoms with Crippen LogP contribution in [0.1, 0.15) is 36.9 Å². The molecule has 0 spiro atoms. The van der Waals surface area contributed by atoms with Gasteiger partial charge in [-0.1, -0.05) is 12.6 Å². The summed E-state index contributed by atoms with van der Waals surface area (Å²) in [5.74, 6) is 0. The molecule has 148 valence electrons. The van der Waals surface area contributed by atoms with E-state index in [1.807, 2.05) is 22.6 Å². The van der Waals surface area contributed by atoms with Crippen molar-refractivity contribution in [1.82, 2.24) is 19.6 Å². The van der Waals surface area contributed by atoms with E-state index in [9.17, 15) is 0 Å². The Morgan fingerprint density at radius 2 is 2.29 bits per heavy atom. The zero-order valence-electron chi connectivity index (χ0n) is 16.2. The molecule has 1 fully saturated rings. The van der Waals surface area contributed by atoms with Gasteiger partial charge in [-0.05, 0) is 43.0 Å². The van der Waals surface area contributed by atoms with Gasteiger partial charge in [-0.2, -0.15) is 10.2 Å². The number of hydrogen-bond donors (Lipinski definition) is 1. The monoisotopic (exact) mass is 382 g/mol. The predicted octanol–water partition coefficient (Wildman–Crippen LogP) is 3.29. The zero-order valence-corrected chi connectivity index (χ0v) is 16.2. The minimum atomic E-state index is -0.0170. The second kappa shape index (κ2) is 8.26. The van der Waals surface area contributed by atoms with Crippen molar-refractivity contribution in [3.8, 4) is 11.1 Å². The molecule has 7 nitrogen and oxygen atoms in total. The summed E-state index contributed by atoms with van der Waals surface area (Å²) in [5.41, 5.74) is 4.94. The van der Waals surface area contributed by atoms with E-state index >= 15 is 0 Å². The average molecular weight is 382 g/mol. The summed E-state index contributed by atoms with van der Waals surface area (Å²) in [6.07, 6.45) is 6.86. The molecule has 2 aromatic heterocycles. The van der Waals surface area contributed by atoms with Crippen molar-refractivity contribution in [2.75, 3.05) is 19.8 Å². The van der Waals surface area contributed by atoms with Crippen molar-refractivity contribution in [2.24, 2.45) is 7.05 Å². The first-order valence-corrected chi connectivity index (χ1v) is 9.69. The van der Waals surface area contributed by atoms with Gasteiger partial charge in [0, 0.05) is 24.6 Å². The molecule has 4 rings (SSSR count). The van der Waals surface area contributed by atoms with Gasteiger partial charge < -0.3 is 14.6 Å². The molecule has 0 amide bonds. The Kier molecular flexibility index (Phi) is 5.57. The van der Waals surface area contributed by atoms with Crippen LogP contribution in [-0.2, 0) is 23.1 Å². The molecule has 1 aromatic carbocycles. The maximum atomic E-state index is 8.96. The van der Waals surface area contributed by atoms with Crippen molar-refractivity contribution in [2.45, 2.75) is 32.1 Å². The van der Waals surface area contributed by atoms with Crippen molar-refractivity contribution in [3.05, 3.63) is 42.4 Å². The molecule has 28 heavy (non-hydrogen) atoms. The van der Waals surface area contributed by atoms with E-state index in [1.165, 1.54) is 0 Å². The minimum Gasteiger partial charge on any atom is -0.394 e. The van der Waals surface area contributed by atoms with Crippen molar-refractivity contribution in [1.29, 1.82) is 0 Å². The zero-order chi connectivity index (χ0) is 19.5. The number of nitrogens with zero attached hydrogens (tertiary/aromatic N) is 4. The van der Waals surface area contributed by atoms with Gasteiger partial charge in [0.05, 0.1) is 42.9 Å². The number of hydrogen-bond acceptors (Lipinski definition) is 5. The maximum Gasteiger partial charge on any atom is 0.150 e. The topological polar surface area (TPSA) is 74.3 Å². The predicted molar refractivity (Wildman–Crippen MR) is 108 cm³/mol. The van der Waals surface area contributed by atoms with Crippen molar-refractivity contribution < 1.29 is 14.6 Å². The highest BCUT2D eigenvalue weighted by Gasteiger charge is 2.21. The van der Waals surface area contributed by atoms with Gasteiger partial charge >= 0.3 is 0 Å². The van der Waals surface area contributed by atoms with Crippen LogP contribution in [0.3, 0.4) is 0 Å². The first-order valence-electron chi connectivity index (χ1n) is 9.69. The molecule has 1 aliphatic heterocycles. The van der Waals surface area contributed by atoms with Crippen LogP contribution in [0, 0.1) is 0 Å². The third-order valence-electron chi connectivity index (χ3n) is 5.20. The van der Waals surface area contributed by atoms with Gasteiger partial charge in [-0.3, -0.25) is 4.68 Å². The highest BCUT2D eigenvalue weighted by molar-refractivity contribution is 5.91. The van der Waals surface area contributed by atoms with Crippen LogP contribution in [0.4, 0.5) is 0 Å². The molecule has 0 radical (unpaired) electrons. The van der Waals surface area contributed by atoms with Gasteiger partial charge in [0.25, 0.3) is 0 Å². The van der Waals surface area contributed by atoms with Crippen molar-refractivity contribution >= 4 is 17.0 Å². The fraction of sp³-hybridized carbons (Fsp3) is 0.429. The van der Waals surface area contributed by atoms with Gasteiger partial charge in [0.1, 0.15) is 0 Å². The molecule has 3 heterocycles. The first kappa shape index (κ1) is 18.9. The number of aliphatic hydroxyl groups excluding tert-OH is 1. The molecule has 3 aromatic rings. The second-order valence-electron chi connectivity index (χ2n) is 6.99. The Balaban J connectivity index is 1.73. The van der Waals surface area contributed by atoms with E-state index in [2.05, 4.69) is 29.9 Å². The fourth-order valence-electron chi connectivity index (χ4n) is 3.73. The van der Waals surface area contributed by atoms with Gasteiger partial charge in [0.15, 0.2) is 6.23 Å². The summed E-state index contributed by atoms with van der Waals surface area (Å²) in [7, 11) is 1.90. The molecule has 1 aliphatic rings. The Labute approximate surface area is 164 Å². The number of ether oxygens (including phenoxy) is 2. The summed E-state index contributed by atoms with van der Waals surface area (Å²) in [5, 5.41) is 19.1. The lowest BCUT2D eigenvalue weighted by molar-refractivity contribution is -0.0367. The molecule has 7 heteroatoms. The maximum absolute atomic E-state index is 8.96. The summed E-state index contributed by atoms with van der Waals surface area (Å²) < 4.78 is 15.3. The molecule has 0 bridgehead atoms. The first-order chi connectivity index (χ1) is 13.7. The highest BCUT2D eigenvalue weighted by Crippen LogP contribution is 2.32. The van der Waals surface area contributed by atoms with E-state index in [4.69, 9.17) is 19.7 Å². The summed E-state index contributed by atoms with van der Waals surface area (Å²) in [4.78, 5) is 0. The Morgan fingerprint density at radius 3 is 3.04 bits per heavy atom. The quantitative estimate of drug-likeness (QED) is 0.635. The van der Waals surface area contributed by atoms with E-state index < -0.39 is 0 Å². The number of rotatable bonds is 7. The van der Waals surface area contributed by atoms with Gasteiger partial charge in [-0.15, -0.1) is 0 Å². The van der Waals surface area contributed by atoms with Gasteiger partial charge in [0.2, 0.25) is 0 Å². The molecular formula is C21H26N4O3. The average Bonchev–Trinajstić information content (AvgIpc) is 3.29. The largest absolute Gasteiger partial charge is 0.394 e. The van der Waals surface area contributed by atoms with E-state index in [-0.39, 0.29) is 12.8 Å². The SMILES string of the molecule is C=Cc1nn(C2CCCCO2)c2ccc(-c3cnn(C)c3COCCO)cc12. The minimum absolute atomic E-state index is 0.00423. The third-order valence-corrected chi connectivity index (χ3v) is 5.20. The molecule has 1 N–H and O–H groups in total. The lowest BCUT2D eigenvalue weighted by Gasteiger charge is -2.23. The normalized spacial score (nSPS) is 17.3. The number of benzene rings is 1. The van der Waals surface area contributed by atoms with Crippen LogP contribution in [0.25, 0.3) is 28.1 Å². The standard InChI is InChI=1S/C21H26N4O3/c1-3-18-16-12-15(17-13-22-24(2)20(17)14-27-11-9-26)7-8-19(16)25(23-18)21-6-4-5-10-28-21/h3,7-8,12-13,21,26H,1,4-6,9-11,14H2,2H3. The summed E-state index contributed by atoms with van der Waals surface area (Å²) >= 11 is 0. The second-order valence-corrected chi connectivity index (χ2v) is 6.99. The molecular weight excluding hydrogens is 356 g/mol. The van der Waals surface area contributed by atoms with E-state index in [1.54, 1.807) is 6.08 Å². The van der Waals surface area contributed by atoms with Crippen molar-refractivity contribution in [3.63, 3.8) is 0 Å². The number of aliphatic hydroxyl groups is 1. The molecule has 1 saturated heterocycles. The Hall–Kier alpha value is -2.48. The molecule has 1 unspecified atom stereocenters. The third kappa shape index (κ3) is 3.48. The molecule has 1 atom stereocenters. The van der Waals surface area contributed by atoms with Crippen LogP contribution >= 0.6 is 0 Å². The summed E-state index contributed by atoms with van der Waals surface area (Å²) in [6, 6.07) is 6.31. The number of fused-ring (bicyclic) bond motifs is 1. The molecule has 0 aliphatic carbocycles. The number of aromatic nitrogens is 4. The Morgan fingerprint density at radius 1 is 1.39 bits per heavy atom. The van der Waals surface area contributed by atoms with E-state index in [0.717, 1.165) is 59.3 Å².